The number of hydrogen-bond donors (Lipinski definition) is 1. The van der Waals surface area contributed by atoms with Crippen LogP contribution in [0.3, 0.4) is 0 Å². The Bertz CT molecular complexity index is 696. The smallest absolute Gasteiger partial charge is 0.255 e. The van der Waals surface area contributed by atoms with Crippen molar-refractivity contribution in [2.24, 2.45) is 5.73 Å². The molecular weight excluding hydrogens is 308 g/mol. The Morgan fingerprint density at radius 1 is 1.00 bits per heavy atom. The summed E-state index contributed by atoms with van der Waals surface area (Å²) in [5.74, 6) is 0.615. The fourth-order valence-corrected chi connectivity index (χ4v) is 2.15. The van der Waals surface area contributed by atoms with E-state index in [1.807, 2.05) is 24.3 Å². The number of methoxy groups -OCH3 is 1. The lowest BCUT2D eigenvalue weighted by Gasteiger charge is -2.17. The van der Waals surface area contributed by atoms with Crippen molar-refractivity contribution in [1.29, 1.82) is 0 Å². The molecule has 0 radical (unpaired) electrons. The van der Waals surface area contributed by atoms with Gasteiger partial charge in [-0.25, -0.2) is 0 Å². The molecule has 0 heterocycles. The quantitative estimate of drug-likeness (QED) is 0.841. The Kier molecular flexibility index (Phi) is 5.78. The van der Waals surface area contributed by atoms with Gasteiger partial charge in [0.15, 0.2) is 6.61 Å². The normalized spacial score (nSPS) is 10.1. The molecule has 2 amide bonds. The van der Waals surface area contributed by atoms with Gasteiger partial charge in [0.25, 0.3) is 11.8 Å². The summed E-state index contributed by atoms with van der Waals surface area (Å²) in [5.41, 5.74) is 6.56. The van der Waals surface area contributed by atoms with Gasteiger partial charge in [-0.15, -0.1) is 0 Å². The summed E-state index contributed by atoms with van der Waals surface area (Å²) >= 11 is 0. The fraction of sp³-hybridized carbons (Fsp3) is 0.222. The van der Waals surface area contributed by atoms with Gasteiger partial charge in [-0.3, -0.25) is 9.59 Å². The van der Waals surface area contributed by atoms with E-state index in [2.05, 4.69) is 0 Å². The summed E-state index contributed by atoms with van der Waals surface area (Å²) in [4.78, 5) is 24.7. The highest BCUT2D eigenvalue weighted by molar-refractivity contribution is 5.94. The highest BCUT2D eigenvalue weighted by atomic mass is 16.5. The second kappa shape index (κ2) is 8.01. The van der Waals surface area contributed by atoms with E-state index in [4.69, 9.17) is 15.2 Å². The molecule has 0 atom stereocenters. The van der Waals surface area contributed by atoms with Crippen molar-refractivity contribution >= 4 is 11.8 Å². The molecule has 0 aliphatic heterocycles. The number of hydrogen-bond acceptors (Lipinski definition) is 4. The van der Waals surface area contributed by atoms with E-state index < -0.39 is 5.91 Å². The molecule has 2 rings (SSSR count). The lowest BCUT2D eigenvalue weighted by atomic mass is 10.1. The Balaban J connectivity index is 1.97. The molecule has 126 valence electrons. The monoisotopic (exact) mass is 328 g/mol. The average molecular weight is 328 g/mol. The third kappa shape index (κ3) is 4.74. The first-order chi connectivity index (χ1) is 11.5. The SMILES string of the molecule is COc1ccc(CN(C)C(=O)c2ccc(OCC(N)=O)cc2)cc1. The first kappa shape index (κ1) is 17.3. The molecule has 2 N–H and O–H groups in total. The topological polar surface area (TPSA) is 81.9 Å². The molecule has 0 saturated heterocycles. The molecule has 6 nitrogen and oxygen atoms in total. The predicted octanol–water partition coefficient (Wildman–Crippen LogP) is 1.83. The lowest BCUT2D eigenvalue weighted by molar-refractivity contribution is -0.119. The number of carbonyl (C=O) groups is 2. The lowest BCUT2D eigenvalue weighted by Crippen LogP contribution is -2.26. The summed E-state index contributed by atoms with van der Waals surface area (Å²) in [6.07, 6.45) is 0. The Hall–Kier alpha value is -3.02. The van der Waals surface area contributed by atoms with Crippen LogP contribution < -0.4 is 15.2 Å². The number of primary amides is 1. The minimum atomic E-state index is -0.547. The molecule has 2 aromatic rings. The van der Waals surface area contributed by atoms with E-state index in [-0.39, 0.29) is 12.5 Å². The molecule has 0 saturated carbocycles. The minimum Gasteiger partial charge on any atom is -0.497 e. The second-order valence-electron chi connectivity index (χ2n) is 5.29. The third-order valence-corrected chi connectivity index (χ3v) is 3.41. The summed E-state index contributed by atoms with van der Waals surface area (Å²) < 4.78 is 10.3. The number of nitrogens with zero attached hydrogens (tertiary/aromatic N) is 1. The van der Waals surface area contributed by atoms with Crippen molar-refractivity contribution in [2.45, 2.75) is 6.54 Å². The molecule has 0 aliphatic carbocycles. The summed E-state index contributed by atoms with van der Waals surface area (Å²) in [7, 11) is 3.35. The number of benzene rings is 2. The van der Waals surface area contributed by atoms with Crippen LogP contribution in [-0.4, -0.2) is 37.5 Å². The van der Waals surface area contributed by atoms with Crippen LogP contribution in [0.15, 0.2) is 48.5 Å². The van der Waals surface area contributed by atoms with E-state index in [1.54, 1.807) is 43.3 Å². The molecule has 0 aromatic heterocycles. The third-order valence-electron chi connectivity index (χ3n) is 3.41. The fourth-order valence-electron chi connectivity index (χ4n) is 2.15. The van der Waals surface area contributed by atoms with Crippen molar-refractivity contribution < 1.29 is 19.1 Å². The minimum absolute atomic E-state index is 0.104. The van der Waals surface area contributed by atoms with Gasteiger partial charge in [-0.2, -0.15) is 0 Å². The van der Waals surface area contributed by atoms with Crippen LogP contribution in [0, 0.1) is 0 Å². The van der Waals surface area contributed by atoms with E-state index >= 15 is 0 Å². The van der Waals surface area contributed by atoms with Crippen molar-refractivity contribution in [3.63, 3.8) is 0 Å². The van der Waals surface area contributed by atoms with Crippen LogP contribution in [-0.2, 0) is 11.3 Å². The second-order valence-corrected chi connectivity index (χ2v) is 5.29. The van der Waals surface area contributed by atoms with Gasteiger partial charge in [0.05, 0.1) is 7.11 Å². The maximum absolute atomic E-state index is 12.4. The number of amides is 2. The zero-order valence-corrected chi connectivity index (χ0v) is 13.7. The molecule has 0 spiro atoms. The molecule has 0 bridgehead atoms. The molecule has 6 heteroatoms. The van der Waals surface area contributed by atoms with Crippen molar-refractivity contribution in [2.75, 3.05) is 20.8 Å². The van der Waals surface area contributed by atoms with Crippen LogP contribution in [0.4, 0.5) is 0 Å². The van der Waals surface area contributed by atoms with Crippen LogP contribution >= 0.6 is 0 Å². The Morgan fingerprint density at radius 2 is 1.58 bits per heavy atom. The summed E-state index contributed by atoms with van der Waals surface area (Å²) in [5, 5.41) is 0. The van der Waals surface area contributed by atoms with Crippen LogP contribution in [0.25, 0.3) is 0 Å². The molecule has 24 heavy (non-hydrogen) atoms. The predicted molar refractivity (Wildman–Crippen MR) is 89.9 cm³/mol. The summed E-state index contributed by atoms with van der Waals surface area (Å²) in [6, 6.07) is 14.1. The van der Waals surface area contributed by atoms with E-state index in [0.29, 0.717) is 17.9 Å². The summed E-state index contributed by atoms with van der Waals surface area (Å²) in [6.45, 7) is 0.299. The standard InChI is InChI=1S/C18H20N2O4/c1-20(11-13-3-7-15(23-2)8-4-13)18(22)14-5-9-16(10-6-14)24-12-17(19)21/h3-10H,11-12H2,1-2H3,(H2,19,21). The number of ether oxygens (including phenoxy) is 2. The molecule has 0 unspecified atom stereocenters. The molecular formula is C18H20N2O4. The largest absolute Gasteiger partial charge is 0.497 e. The van der Waals surface area contributed by atoms with E-state index in [9.17, 15) is 9.59 Å². The van der Waals surface area contributed by atoms with Gasteiger partial charge in [-0.1, -0.05) is 12.1 Å². The highest BCUT2D eigenvalue weighted by Crippen LogP contribution is 2.16. The Morgan fingerprint density at radius 3 is 2.12 bits per heavy atom. The van der Waals surface area contributed by atoms with Crippen molar-refractivity contribution in [3.05, 3.63) is 59.7 Å². The van der Waals surface area contributed by atoms with Crippen molar-refractivity contribution in [3.8, 4) is 11.5 Å². The maximum atomic E-state index is 12.4. The van der Waals surface area contributed by atoms with Crippen LogP contribution in [0.5, 0.6) is 11.5 Å². The zero-order chi connectivity index (χ0) is 17.5. The van der Waals surface area contributed by atoms with Gasteiger partial charge in [0.2, 0.25) is 0 Å². The Labute approximate surface area is 140 Å². The van der Waals surface area contributed by atoms with Crippen LogP contribution in [0.1, 0.15) is 15.9 Å². The number of carbonyl (C=O) groups excluding carboxylic acids is 2. The van der Waals surface area contributed by atoms with Crippen LogP contribution in [0.2, 0.25) is 0 Å². The van der Waals surface area contributed by atoms with E-state index in [1.165, 1.54) is 0 Å². The molecule has 2 aromatic carbocycles. The van der Waals surface area contributed by atoms with Gasteiger partial charge >= 0.3 is 0 Å². The first-order valence-electron chi connectivity index (χ1n) is 7.39. The van der Waals surface area contributed by atoms with Crippen molar-refractivity contribution in [1.82, 2.24) is 4.90 Å². The molecule has 0 fully saturated rings. The van der Waals surface area contributed by atoms with E-state index in [0.717, 1.165) is 11.3 Å². The number of rotatable bonds is 7. The highest BCUT2D eigenvalue weighted by Gasteiger charge is 2.12. The van der Waals surface area contributed by atoms with Gasteiger partial charge < -0.3 is 20.1 Å². The molecule has 0 aliphatic rings. The van der Waals surface area contributed by atoms with Gasteiger partial charge in [0.1, 0.15) is 11.5 Å². The number of nitrogens with two attached hydrogens (primary N) is 1. The zero-order valence-electron chi connectivity index (χ0n) is 13.7. The average Bonchev–Trinajstić information content (AvgIpc) is 2.60. The maximum Gasteiger partial charge on any atom is 0.255 e. The van der Waals surface area contributed by atoms with Gasteiger partial charge in [-0.05, 0) is 42.0 Å². The first-order valence-corrected chi connectivity index (χ1v) is 7.39. The van der Waals surface area contributed by atoms with Gasteiger partial charge in [0, 0.05) is 19.2 Å².